The Balaban J connectivity index is 4.40. The van der Waals surface area contributed by atoms with E-state index < -0.39 is 11.9 Å². The van der Waals surface area contributed by atoms with Crippen LogP contribution in [0.4, 0.5) is 0 Å². The maximum absolute atomic E-state index is 10.8. The van der Waals surface area contributed by atoms with Crippen molar-refractivity contribution in [2.45, 2.75) is 33.7 Å². The first-order valence-electron chi connectivity index (χ1n) is 4.36. The number of carboxylic acid groups (broad SMARTS) is 1. The van der Waals surface area contributed by atoms with Crippen LogP contribution in [0.3, 0.4) is 0 Å². The molecule has 0 radical (unpaired) electrons. The lowest BCUT2D eigenvalue weighted by molar-refractivity contribution is -0.144. The lowest BCUT2D eigenvalue weighted by atomic mass is 9.83. The number of carboxylic acids is 1. The highest BCUT2D eigenvalue weighted by atomic mass is 16.4. The van der Waals surface area contributed by atoms with Crippen molar-refractivity contribution in [3.8, 4) is 0 Å². The summed E-state index contributed by atoms with van der Waals surface area (Å²) in [6, 6.07) is -0.248. The van der Waals surface area contributed by atoms with Crippen molar-refractivity contribution in [1.82, 2.24) is 0 Å². The van der Waals surface area contributed by atoms with E-state index >= 15 is 0 Å². The van der Waals surface area contributed by atoms with Gasteiger partial charge in [-0.1, -0.05) is 27.7 Å². The van der Waals surface area contributed by atoms with Gasteiger partial charge in [0.05, 0.1) is 5.92 Å². The summed E-state index contributed by atoms with van der Waals surface area (Å²) in [5.74, 6) is -0.899. The van der Waals surface area contributed by atoms with E-state index in [4.69, 9.17) is 10.8 Å². The molecule has 0 saturated carbocycles. The average Bonchev–Trinajstić information content (AvgIpc) is 1.85. The molecule has 72 valence electrons. The normalized spacial score (nSPS) is 16.6. The monoisotopic (exact) mass is 173 g/mol. The highest BCUT2D eigenvalue weighted by molar-refractivity contribution is 5.71. The molecule has 0 spiro atoms. The molecule has 0 aliphatic carbocycles. The maximum atomic E-state index is 10.8. The molecule has 3 N–H and O–H groups in total. The lowest BCUT2D eigenvalue weighted by Crippen LogP contribution is -2.42. The van der Waals surface area contributed by atoms with Crippen LogP contribution in [0.5, 0.6) is 0 Å². The molecule has 0 rings (SSSR count). The Hall–Kier alpha value is -0.570. The van der Waals surface area contributed by atoms with E-state index in [0.29, 0.717) is 0 Å². The average molecular weight is 173 g/mol. The van der Waals surface area contributed by atoms with Crippen molar-refractivity contribution < 1.29 is 9.90 Å². The molecule has 0 aliphatic rings. The summed E-state index contributed by atoms with van der Waals surface area (Å²) < 4.78 is 0. The summed E-state index contributed by atoms with van der Waals surface area (Å²) in [7, 11) is 0. The third-order valence-corrected chi connectivity index (χ3v) is 2.19. The van der Waals surface area contributed by atoms with E-state index in [2.05, 4.69) is 0 Å². The molecule has 3 nitrogen and oxygen atoms in total. The molecular weight excluding hydrogens is 154 g/mol. The van der Waals surface area contributed by atoms with Crippen LogP contribution in [0.2, 0.25) is 0 Å². The van der Waals surface area contributed by atoms with Gasteiger partial charge in [0.2, 0.25) is 0 Å². The molecular formula is C9H19NO2. The number of aliphatic carboxylic acids is 1. The quantitative estimate of drug-likeness (QED) is 0.674. The summed E-state index contributed by atoms with van der Waals surface area (Å²) in [6.45, 7) is 7.67. The van der Waals surface area contributed by atoms with Gasteiger partial charge in [0.15, 0.2) is 0 Å². The predicted octanol–water partition coefficient (Wildman–Crippen LogP) is 1.33. The fraction of sp³-hybridized carbons (Fsp3) is 0.889. The van der Waals surface area contributed by atoms with Crippen LogP contribution < -0.4 is 5.73 Å². The second kappa shape index (κ2) is 4.45. The SMILES string of the molecule is CC(C)C(N)C(C(=O)O)C(C)C. The van der Waals surface area contributed by atoms with Crippen LogP contribution in [0, 0.1) is 17.8 Å². The van der Waals surface area contributed by atoms with E-state index in [1.807, 2.05) is 27.7 Å². The van der Waals surface area contributed by atoms with Gasteiger partial charge < -0.3 is 10.8 Å². The van der Waals surface area contributed by atoms with Crippen molar-refractivity contribution in [2.75, 3.05) is 0 Å². The molecule has 0 heterocycles. The second-order valence-electron chi connectivity index (χ2n) is 3.93. The van der Waals surface area contributed by atoms with Crippen LogP contribution >= 0.6 is 0 Å². The number of hydrogen-bond donors (Lipinski definition) is 2. The molecule has 2 unspecified atom stereocenters. The fourth-order valence-corrected chi connectivity index (χ4v) is 1.31. The van der Waals surface area contributed by atoms with Gasteiger partial charge in [-0.2, -0.15) is 0 Å². The van der Waals surface area contributed by atoms with Crippen LogP contribution in [0.15, 0.2) is 0 Å². The Labute approximate surface area is 74.0 Å². The Morgan fingerprint density at radius 2 is 1.58 bits per heavy atom. The fourth-order valence-electron chi connectivity index (χ4n) is 1.31. The maximum Gasteiger partial charge on any atom is 0.308 e. The molecule has 12 heavy (non-hydrogen) atoms. The summed E-state index contributed by atoms with van der Waals surface area (Å²) in [5.41, 5.74) is 5.78. The summed E-state index contributed by atoms with van der Waals surface area (Å²) in [5, 5.41) is 8.88. The second-order valence-corrected chi connectivity index (χ2v) is 3.93. The Kier molecular flexibility index (Phi) is 4.24. The zero-order valence-electron chi connectivity index (χ0n) is 8.24. The first kappa shape index (κ1) is 11.4. The van der Waals surface area contributed by atoms with Crippen LogP contribution in [-0.4, -0.2) is 17.1 Å². The Morgan fingerprint density at radius 3 is 1.67 bits per heavy atom. The third kappa shape index (κ3) is 2.81. The summed E-state index contributed by atoms with van der Waals surface area (Å²) >= 11 is 0. The lowest BCUT2D eigenvalue weighted by Gasteiger charge is -2.26. The molecule has 0 aromatic heterocycles. The number of nitrogens with two attached hydrogens (primary N) is 1. The van der Waals surface area contributed by atoms with Crippen molar-refractivity contribution in [1.29, 1.82) is 0 Å². The first-order valence-corrected chi connectivity index (χ1v) is 4.36. The third-order valence-electron chi connectivity index (χ3n) is 2.19. The molecule has 0 bridgehead atoms. The van der Waals surface area contributed by atoms with Gasteiger partial charge in [-0.15, -0.1) is 0 Å². The van der Waals surface area contributed by atoms with E-state index in [-0.39, 0.29) is 17.9 Å². The molecule has 0 aromatic rings. The van der Waals surface area contributed by atoms with Crippen LogP contribution in [0.1, 0.15) is 27.7 Å². The standard InChI is InChI=1S/C9H19NO2/c1-5(2)7(9(11)12)8(10)6(3)4/h5-8H,10H2,1-4H3,(H,11,12). The molecule has 0 amide bonds. The smallest absolute Gasteiger partial charge is 0.308 e. The highest BCUT2D eigenvalue weighted by Gasteiger charge is 2.29. The van der Waals surface area contributed by atoms with Gasteiger partial charge in [-0.05, 0) is 11.8 Å². The minimum atomic E-state index is -0.786. The van der Waals surface area contributed by atoms with E-state index in [0.717, 1.165) is 0 Å². The summed E-state index contributed by atoms with van der Waals surface area (Å²) in [4.78, 5) is 10.8. The van der Waals surface area contributed by atoms with E-state index in [1.54, 1.807) is 0 Å². The molecule has 3 heteroatoms. The van der Waals surface area contributed by atoms with Crippen molar-refractivity contribution in [3.63, 3.8) is 0 Å². The minimum absolute atomic E-state index is 0.0971. The molecule has 0 saturated heterocycles. The molecule has 0 aliphatic heterocycles. The van der Waals surface area contributed by atoms with Gasteiger partial charge >= 0.3 is 5.97 Å². The number of carbonyl (C=O) groups is 1. The largest absolute Gasteiger partial charge is 0.481 e. The molecule has 0 fully saturated rings. The number of rotatable bonds is 4. The zero-order chi connectivity index (χ0) is 9.89. The zero-order valence-corrected chi connectivity index (χ0v) is 8.24. The van der Waals surface area contributed by atoms with Crippen molar-refractivity contribution in [2.24, 2.45) is 23.5 Å². The van der Waals surface area contributed by atoms with Crippen LogP contribution in [-0.2, 0) is 4.79 Å². The van der Waals surface area contributed by atoms with Crippen LogP contribution in [0.25, 0.3) is 0 Å². The van der Waals surface area contributed by atoms with Gasteiger partial charge in [0.25, 0.3) is 0 Å². The Morgan fingerprint density at radius 1 is 1.17 bits per heavy atom. The Bertz CT molecular complexity index is 155. The topological polar surface area (TPSA) is 63.3 Å². The van der Waals surface area contributed by atoms with E-state index in [1.165, 1.54) is 0 Å². The summed E-state index contributed by atoms with van der Waals surface area (Å²) in [6.07, 6.45) is 0. The van der Waals surface area contributed by atoms with Gasteiger partial charge in [0.1, 0.15) is 0 Å². The molecule has 0 aromatic carbocycles. The van der Waals surface area contributed by atoms with Gasteiger partial charge in [-0.3, -0.25) is 4.79 Å². The molecule has 2 atom stereocenters. The number of hydrogen-bond acceptors (Lipinski definition) is 2. The van der Waals surface area contributed by atoms with Gasteiger partial charge in [0, 0.05) is 6.04 Å². The minimum Gasteiger partial charge on any atom is -0.481 e. The highest BCUT2D eigenvalue weighted by Crippen LogP contribution is 2.19. The first-order chi connectivity index (χ1) is 5.37. The van der Waals surface area contributed by atoms with Crippen molar-refractivity contribution >= 4 is 5.97 Å². The van der Waals surface area contributed by atoms with E-state index in [9.17, 15) is 4.79 Å². The van der Waals surface area contributed by atoms with Crippen molar-refractivity contribution in [3.05, 3.63) is 0 Å². The predicted molar refractivity (Wildman–Crippen MR) is 48.8 cm³/mol. The van der Waals surface area contributed by atoms with Gasteiger partial charge in [-0.25, -0.2) is 0 Å².